The van der Waals surface area contributed by atoms with E-state index in [-0.39, 0.29) is 17.9 Å². The molecule has 0 unspecified atom stereocenters. The number of carboxylic acids is 1. The molecule has 0 aliphatic rings. The van der Waals surface area contributed by atoms with E-state index in [0.717, 1.165) is 16.7 Å². The number of phenols is 1. The molecule has 0 radical (unpaired) electrons. The minimum absolute atomic E-state index is 0.0329. The van der Waals surface area contributed by atoms with Gasteiger partial charge in [0.05, 0.1) is 5.69 Å². The van der Waals surface area contributed by atoms with Gasteiger partial charge in [0.15, 0.2) is 11.3 Å². The molecule has 8 nitrogen and oxygen atoms in total. The second-order valence-electron chi connectivity index (χ2n) is 8.82. The smallest absolute Gasteiger partial charge is 0.326 e. The minimum Gasteiger partial charge on any atom is -0.508 e. The number of aromatic nitrogens is 3. The summed E-state index contributed by atoms with van der Waals surface area (Å²) < 4.78 is 1.53. The van der Waals surface area contributed by atoms with Gasteiger partial charge in [0, 0.05) is 29.3 Å². The van der Waals surface area contributed by atoms with Crippen LogP contribution in [0, 0.1) is 0 Å². The van der Waals surface area contributed by atoms with Crippen molar-refractivity contribution >= 4 is 29.1 Å². The van der Waals surface area contributed by atoms with Crippen molar-refractivity contribution in [1.29, 1.82) is 0 Å². The van der Waals surface area contributed by atoms with Crippen molar-refractivity contribution < 1.29 is 19.8 Å². The van der Waals surface area contributed by atoms with Crippen LogP contribution < -0.4 is 5.32 Å². The average Bonchev–Trinajstić information content (AvgIpc) is 3.35. The summed E-state index contributed by atoms with van der Waals surface area (Å²) in [7, 11) is 0. The van der Waals surface area contributed by atoms with E-state index >= 15 is 0 Å². The zero-order valence-corrected chi connectivity index (χ0v) is 20.8. The van der Waals surface area contributed by atoms with Crippen molar-refractivity contribution in [2.45, 2.75) is 18.9 Å². The molecule has 0 saturated carbocycles. The Bertz CT molecular complexity index is 1620. The Balaban J connectivity index is 1.39. The quantitative estimate of drug-likeness (QED) is 0.268. The third kappa shape index (κ3) is 5.50. The highest BCUT2D eigenvalue weighted by Gasteiger charge is 2.24. The third-order valence-electron chi connectivity index (χ3n) is 6.19. The highest BCUT2D eigenvalue weighted by atomic mass is 35.5. The Hall–Kier alpha value is -4.69. The number of phenolic OH excluding ortho intramolecular Hbond substituents is 1. The summed E-state index contributed by atoms with van der Waals surface area (Å²) in [5.74, 6) is -1.72. The van der Waals surface area contributed by atoms with E-state index in [1.54, 1.807) is 36.5 Å². The maximum Gasteiger partial charge on any atom is 0.326 e. The molecule has 3 N–H and O–H groups in total. The van der Waals surface area contributed by atoms with Gasteiger partial charge in [-0.3, -0.25) is 4.79 Å². The predicted octanol–water partition coefficient (Wildman–Crippen LogP) is 4.77. The molecule has 38 heavy (non-hydrogen) atoms. The molecule has 1 amide bonds. The molecular formula is C29H23ClN4O4. The Morgan fingerprint density at radius 1 is 0.947 bits per heavy atom. The molecule has 0 aliphatic carbocycles. The van der Waals surface area contributed by atoms with Crippen molar-refractivity contribution in [2.75, 3.05) is 0 Å². The number of rotatable bonds is 8. The summed E-state index contributed by atoms with van der Waals surface area (Å²) in [5.41, 5.74) is 4.53. The molecule has 2 aromatic heterocycles. The largest absolute Gasteiger partial charge is 0.508 e. The lowest BCUT2D eigenvalue weighted by molar-refractivity contribution is -0.139. The van der Waals surface area contributed by atoms with Crippen LogP contribution >= 0.6 is 11.6 Å². The highest BCUT2D eigenvalue weighted by Crippen LogP contribution is 2.23. The standard InChI is InChI=1S/C29H23ClN4O4/c30-22-9-6-19(7-10-22)26-12-13-31-27-17-24(33-34(26)27)28(36)32-25(29(37)38)16-20-8-11-23(35)15-21(20)14-18-4-2-1-3-5-18/h1-13,15,17,25,35H,14,16H2,(H,32,36)(H,37,38)/t25-/m0/s1. The van der Waals surface area contributed by atoms with E-state index in [1.807, 2.05) is 42.5 Å². The maximum absolute atomic E-state index is 13.1. The molecule has 0 spiro atoms. The van der Waals surface area contributed by atoms with Crippen molar-refractivity contribution in [2.24, 2.45) is 0 Å². The first-order valence-corrected chi connectivity index (χ1v) is 12.2. The number of aromatic hydroxyl groups is 1. The summed E-state index contributed by atoms with van der Waals surface area (Å²) >= 11 is 6.00. The lowest BCUT2D eigenvalue weighted by atomic mass is 9.95. The highest BCUT2D eigenvalue weighted by molar-refractivity contribution is 6.30. The summed E-state index contributed by atoms with van der Waals surface area (Å²) in [6.45, 7) is 0. The predicted molar refractivity (Wildman–Crippen MR) is 143 cm³/mol. The van der Waals surface area contributed by atoms with Gasteiger partial charge in [-0.1, -0.05) is 60.1 Å². The van der Waals surface area contributed by atoms with E-state index in [0.29, 0.717) is 28.3 Å². The number of hydrogen-bond donors (Lipinski definition) is 3. The summed E-state index contributed by atoms with van der Waals surface area (Å²) in [4.78, 5) is 29.5. The number of nitrogens with one attached hydrogen (secondary N) is 1. The monoisotopic (exact) mass is 526 g/mol. The van der Waals surface area contributed by atoms with E-state index in [1.165, 1.54) is 16.6 Å². The molecule has 0 aliphatic heterocycles. The van der Waals surface area contributed by atoms with E-state index in [9.17, 15) is 19.8 Å². The van der Waals surface area contributed by atoms with Gasteiger partial charge >= 0.3 is 5.97 Å². The van der Waals surface area contributed by atoms with Crippen LogP contribution in [-0.4, -0.2) is 42.7 Å². The molecule has 9 heteroatoms. The van der Waals surface area contributed by atoms with Gasteiger partial charge in [-0.25, -0.2) is 14.3 Å². The second kappa shape index (κ2) is 10.7. The van der Waals surface area contributed by atoms with Gasteiger partial charge in [0.1, 0.15) is 11.8 Å². The van der Waals surface area contributed by atoms with Crippen LogP contribution in [0.2, 0.25) is 5.02 Å². The fourth-order valence-electron chi connectivity index (χ4n) is 4.29. The first-order chi connectivity index (χ1) is 18.4. The van der Waals surface area contributed by atoms with Gasteiger partial charge in [-0.15, -0.1) is 0 Å². The topological polar surface area (TPSA) is 117 Å². The van der Waals surface area contributed by atoms with Crippen LogP contribution in [0.4, 0.5) is 0 Å². The van der Waals surface area contributed by atoms with Crippen LogP contribution in [-0.2, 0) is 17.6 Å². The Morgan fingerprint density at radius 2 is 1.71 bits per heavy atom. The molecule has 5 rings (SSSR count). The normalized spacial score (nSPS) is 11.8. The zero-order valence-electron chi connectivity index (χ0n) is 20.1. The van der Waals surface area contributed by atoms with Gasteiger partial charge in [-0.05, 0) is 53.4 Å². The molecule has 5 aromatic rings. The first-order valence-electron chi connectivity index (χ1n) is 11.9. The minimum atomic E-state index is -1.21. The first kappa shape index (κ1) is 25.0. The fraction of sp³-hybridized carbons (Fsp3) is 0.103. The molecular weight excluding hydrogens is 504 g/mol. The number of carboxylic acid groups (broad SMARTS) is 1. The van der Waals surface area contributed by atoms with Crippen molar-refractivity contribution in [3.05, 3.63) is 119 Å². The molecule has 0 saturated heterocycles. The maximum atomic E-state index is 13.1. The molecule has 190 valence electrons. The second-order valence-corrected chi connectivity index (χ2v) is 9.26. The SMILES string of the molecule is O=C(N[C@@H](Cc1ccc(O)cc1Cc1ccccc1)C(=O)O)c1cc2nccc(-c3ccc(Cl)cc3)n2n1. The van der Waals surface area contributed by atoms with Gasteiger partial charge in [-0.2, -0.15) is 5.10 Å². The molecule has 2 heterocycles. The number of benzene rings is 3. The number of carbonyl (C=O) groups is 2. The average molecular weight is 527 g/mol. The van der Waals surface area contributed by atoms with Crippen LogP contribution in [0.25, 0.3) is 16.9 Å². The van der Waals surface area contributed by atoms with Gasteiger partial charge in [0.2, 0.25) is 0 Å². The number of aliphatic carboxylic acids is 1. The van der Waals surface area contributed by atoms with Gasteiger partial charge < -0.3 is 15.5 Å². The summed E-state index contributed by atoms with van der Waals surface area (Å²) in [6.07, 6.45) is 2.16. The van der Waals surface area contributed by atoms with Crippen LogP contribution in [0.1, 0.15) is 27.2 Å². The summed E-state index contributed by atoms with van der Waals surface area (Å²) in [6, 6.07) is 23.7. The van der Waals surface area contributed by atoms with E-state index < -0.39 is 17.9 Å². The number of halogens is 1. The van der Waals surface area contributed by atoms with Crippen LogP contribution in [0.3, 0.4) is 0 Å². The number of carbonyl (C=O) groups excluding carboxylic acids is 1. The molecule has 0 bridgehead atoms. The van der Waals surface area contributed by atoms with Gasteiger partial charge in [0.25, 0.3) is 5.91 Å². The number of nitrogens with zero attached hydrogens (tertiary/aromatic N) is 3. The number of hydrogen-bond acceptors (Lipinski definition) is 5. The van der Waals surface area contributed by atoms with E-state index in [4.69, 9.17) is 11.6 Å². The fourth-order valence-corrected chi connectivity index (χ4v) is 4.42. The number of amides is 1. The third-order valence-corrected chi connectivity index (χ3v) is 6.44. The molecule has 1 atom stereocenters. The van der Waals surface area contributed by atoms with E-state index in [2.05, 4.69) is 15.4 Å². The molecule has 3 aromatic carbocycles. The van der Waals surface area contributed by atoms with Crippen molar-refractivity contribution in [1.82, 2.24) is 19.9 Å². The van der Waals surface area contributed by atoms with Crippen LogP contribution in [0.5, 0.6) is 5.75 Å². The Morgan fingerprint density at radius 3 is 2.45 bits per heavy atom. The Labute approximate surface area is 223 Å². The lowest BCUT2D eigenvalue weighted by Crippen LogP contribution is -2.42. The Kier molecular flexibility index (Phi) is 7.06. The van der Waals surface area contributed by atoms with Crippen molar-refractivity contribution in [3.63, 3.8) is 0 Å². The zero-order chi connectivity index (χ0) is 26.6. The lowest BCUT2D eigenvalue weighted by Gasteiger charge is -2.17. The number of fused-ring (bicyclic) bond motifs is 1. The van der Waals surface area contributed by atoms with Crippen LogP contribution in [0.15, 0.2) is 91.1 Å². The summed E-state index contributed by atoms with van der Waals surface area (Å²) in [5, 5.41) is 27.5. The van der Waals surface area contributed by atoms with Crippen molar-refractivity contribution in [3.8, 4) is 17.0 Å². The molecule has 0 fully saturated rings.